The molecule has 7 aromatic rings. The number of allylic oxidation sites excluding steroid dienone is 4. The minimum Gasteiger partial charge on any atom is -0.292 e. The summed E-state index contributed by atoms with van der Waals surface area (Å²) in [6.07, 6.45) is 9.15. The van der Waals surface area contributed by atoms with Crippen molar-refractivity contribution in [3.05, 3.63) is 192 Å². The maximum absolute atomic E-state index is 10.2. The molecule has 3 aliphatic rings. The lowest BCUT2D eigenvalue weighted by atomic mass is 9.62. The van der Waals surface area contributed by atoms with E-state index in [2.05, 4.69) is 156 Å². The summed E-state index contributed by atoms with van der Waals surface area (Å²) in [6.45, 7) is 0. The van der Waals surface area contributed by atoms with Crippen molar-refractivity contribution in [3.8, 4) is 34.3 Å². The number of imidazole rings is 1. The Kier molecular flexibility index (Phi) is 6.22. The van der Waals surface area contributed by atoms with E-state index in [0.29, 0.717) is 0 Å². The van der Waals surface area contributed by atoms with E-state index in [1.165, 1.54) is 32.7 Å². The molecule has 3 nitrogen and oxygen atoms in total. The van der Waals surface area contributed by atoms with Gasteiger partial charge in [0.25, 0.3) is 0 Å². The van der Waals surface area contributed by atoms with Crippen LogP contribution >= 0.6 is 11.8 Å². The predicted molar refractivity (Wildman–Crippen MR) is 198 cm³/mol. The Hall–Kier alpha value is -5.89. The number of aromatic nitrogens is 2. The molecule has 2 aliphatic carbocycles. The third kappa shape index (κ3) is 4.00. The normalized spacial score (nSPS) is 19.7. The summed E-state index contributed by atoms with van der Waals surface area (Å²) in [5.41, 5.74) is 12.1. The van der Waals surface area contributed by atoms with E-state index in [0.717, 1.165) is 44.1 Å². The van der Waals surface area contributed by atoms with Crippen molar-refractivity contribution in [1.82, 2.24) is 9.55 Å². The fourth-order valence-electron chi connectivity index (χ4n) is 8.57. The van der Waals surface area contributed by atoms with Crippen LogP contribution in [0.15, 0.2) is 174 Å². The molecule has 0 amide bonds. The van der Waals surface area contributed by atoms with E-state index >= 15 is 0 Å². The number of fused-ring (bicyclic) bond motifs is 10. The molecule has 230 valence electrons. The van der Waals surface area contributed by atoms with Crippen LogP contribution in [-0.4, -0.2) is 9.55 Å². The second-order valence-corrected chi connectivity index (χ2v) is 14.0. The Balaban J connectivity index is 1.15. The molecule has 0 saturated carbocycles. The van der Waals surface area contributed by atoms with Gasteiger partial charge in [0.2, 0.25) is 0 Å². The highest BCUT2D eigenvalue weighted by molar-refractivity contribution is 7.99. The second kappa shape index (κ2) is 10.8. The van der Waals surface area contributed by atoms with E-state index in [1.807, 2.05) is 18.2 Å². The minimum absolute atomic E-state index is 0.200. The third-order valence-corrected chi connectivity index (χ3v) is 11.8. The zero-order chi connectivity index (χ0) is 32.5. The number of nitrogens with zero attached hydrogens (tertiary/aromatic N) is 3. The molecule has 3 unspecified atom stereocenters. The maximum atomic E-state index is 10.2. The number of para-hydroxylation sites is 2. The van der Waals surface area contributed by atoms with Crippen molar-refractivity contribution in [1.29, 1.82) is 5.26 Å². The first-order chi connectivity index (χ1) is 24.3. The van der Waals surface area contributed by atoms with Gasteiger partial charge in [-0.25, -0.2) is 4.98 Å². The van der Waals surface area contributed by atoms with E-state index in [1.54, 1.807) is 11.8 Å². The van der Waals surface area contributed by atoms with Crippen LogP contribution in [0.4, 0.5) is 0 Å². The van der Waals surface area contributed by atoms with Gasteiger partial charge in [-0.05, 0) is 75.8 Å². The molecule has 0 radical (unpaired) electrons. The van der Waals surface area contributed by atoms with Crippen LogP contribution in [0.25, 0.3) is 39.2 Å². The van der Waals surface area contributed by atoms with Crippen molar-refractivity contribution < 1.29 is 0 Å². The van der Waals surface area contributed by atoms with Gasteiger partial charge in [0.15, 0.2) is 0 Å². The highest BCUT2D eigenvalue weighted by Gasteiger charge is 2.56. The number of hydrogen-bond donors (Lipinski definition) is 0. The van der Waals surface area contributed by atoms with Gasteiger partial charge < -0.3 is 0 Å². The summed E-state index contributed by atoms with van der Waals surface area (Å²) in [6, 6.07) is 52.3. The molecule has 4 heteroatoms. The summed E-state index contributed by atoms with van der Waals surface area (Å²) in [5, 5.41) is 10.2. The number of rotatable bonds is 3. The standard InChI is InChI=1S/C45H29N3S/c46-28-32-13-10-18-38-43(32)49-42-26-23-31(27-39(42)45(38)36-16-6-4-14-34(36)35-15-5-7-17-37(35)45)29-21-24-33(25-22-29)48-41-20-9-8-19-40(41)47-44(48)30-11-2-1-3-12-30/h1-27,34,36H. The molecular weight excluding hydrogens is 615 g/mol. The average Bonchev–Trinajstić information content (AvgIpc) is 3.70. The van der Waals surface area contributed by atoms with Crippen molar-refractivity contribution in [3.63, 3.8) is 0 Å². The van der Waals surface area contributed by atoms with Crippen LogP contribution in [-0.2, 0) is 5.41 Å². The molecule has 0 saturated heterocycles. The zero-order valence-corrected chi connectivity index (χ0v) is 27.3. The van der Waals surface area contributed by atoms with Crippen molar-refractivity contribution in [2.45, 2.75) is 21.1 Å². The summed E-state index contributed by atoms with van der Waals surface area (Å²) in [4.78, 5) is 7.33. The molecule has 0 bridgehead atoms. The van der Waals surface area contributed by atoms with Gasteiger partial charge in [-0.1, -0.05) is 133 Å². The topological polar surface area (TPSA) is 41.6 Å². The maximum Gasteiger partial charge on any atom is 0.145 e. The Bertz CT molecular complexity index is 2550. The molecule has 1 aromatic heterocycles. The average molecular weight is 644 g/mol. The first-order valence-electron chi connectivity index (χ1n) is 16.7. The first-order valence-corrected chi connectivity index (χ1v) is 17.5. The van der Waals surface area contributed by atoms with Gasteiger partial charge in [0.1, 0.15) is 11.9 Å². The second-order valence-electron chi connectivity index (χ2n) is 13.0. The summed E-state index contributed by atoms with van der Waals surface area (Å²) < 4.78 is 2.26. The molecule has 2 heterocycles. The Morgan fingerprint density at radius 1 is 0.653 bits per heavy atom. The molecular formula is C45H29N3S. The Morgan fingerprint density at radius 3 is 2.29 bits per heavy atom. The third-order valence-electron chi connectivity index (χ3n) is 10.6. The SMILES string of the molecule is N#Cc1cccc2c1Sc1ccc(-c3ccc(-n4c(-c5ccccc5)nc5ccccc54)cc3)cc1C21c2ccccc2C2C=CC=CC21. The molecule has 1 spiro atoms. The summed E-state index contributed by atoms with van der Waals surface area (Å²) >= 11 is 1.74. The lowest BCUT2D eigenvalue weighted by Gasteiger charge is -2.43. The summed E-state index contributed by atoms with van der Waals surface area (Å²) in [7, 11) is 0. The highest BCUT2D eigenvalue weighted by atomic mass is 32.2. The lowest BCUT2D eigenvalue weighted by Crippen LogP contribution is -2.37. The molecule has 1 aliphatic heterocycles. The molecule has 6 aromatic carbocycles. The predicted octanol–water partition coefficient (Wildman–Crippen LogP) is 10.9. The minimum atomic E-state index is -0.415. The number of benzene rings is 6. The first kappa shape index (κ1) is 28.2. The fraction of sp³-hybridized carbons (Fsp3) is 0.0667. The molecule has 10 rings (SSSR count). The summed E-state index contributed by atoms with van der Waals surface area (Å²) in [5.74, 6) is 1.40. The molecule has 49 heavy (non-hydrogen) atoms. The Labute approximate surface area is 289 Å². The molecule has 0 fully saturated rings. The van der Waals surface area contributed by atoms with Gasteiger partial charge in [0.05, 0.1) is 22.0 Å². The van der Waals surface area contributed by atoms with E-state index < -0.39 is 5.41 Å². The highest BCUT2D eigenvalue weighted by Crippen LogP contribution is 2.65. The van der Waals surface area contributed by atoms with Crippen LogP contribution in [0, 0.1) is 17.2 Å². The van der Waals surface area contributed by atoms with Crippen LogP contribution in [0.3, 0.4) is 0 Å². The zero-order valence-electron chi connectivity index (χ0n) is 26.5. The number of hydrogen-bond acceptors (Lipinski definition) is 3. The monoisotopic (exact) mass is 643 g/mol. The smallest absolute Gasteiger partial charge is 0.145 e. The molecule has 0 N–H and O–H groups in total. The lowest BCUT2D eigenvalue weighted by molar-refractivity contribution is 0.442. The van der Waals surface area contributed by atoms with Crippen LogP contribution in [0.2, 0.25) is 0 Å². The van der Waals surface area contributed by atoms with Crippen LogP contribution in [0.5, 0.6) is 0 Å². The van der Waals surface area contributed by atoms with E-state index in [-0.39, 0.29) is 11.8 Å². The van der Waals surface area contributed by atoms with Crippen LogP contribution in [0.1, 0.15) is 33.7 Å². The fourth-order valence-corrected chi connectivity index (χ4v) is 9.82. The number of nitriles is 1. The quantitative estimate of drug-likeness (QED) is 0.192. The Morgan fingerprint density at radius 2 is 1.41 bits per heavy atom. The van der Waals surface area contributed by atoms with Gasteiger partial charge in [-0.2, -0.15) is 5.26 Å². The van der Waals surface area contributed by atoms with E-state index in [9.17, 15) is 5.26 Å². The van der Waals surface area contributed by atoms with Gasteiger partial charge in [-0.15, -0.1) is 0 Å². The van der Waals surface area contributed by atoms with Gasteiger partial charge >= 0.3 is 0 Å². The van der Waals surface area contributed by atoms with Crippen molar-refractivity contribution >= 4 is 22.8 Å². The molecule has 3 atom stereocenters. The van der Waals surface area contributed by atoms with Crippen LogP contribution < -0.4 is 0 Å². The van der Waals surface area contributed by atoms with Gasteiger partial charge in [-0.3, -0.25) is 4.57 Å². The van der Waals surface area contributed by atoms with Crippen molar-refractivity contribution in [2.75, 3.05) is 0 Å². The van der Waals surface area contributed by atoms with E-state index in [4.69, 9.17) is 4.98 Å². The van der Waals surface area contributed by atoms with Crippen molar-refractivity contribution in [2.24, 2.45) is 5.92 Å². The van der Waals surface area contributed by atoms with Gasteiger partial charge in [0, 0.05) is 32.9 Å². The largest absolute Gasteiger partial charge is 0.292 e.